The summed E-state index contributed by atoms with van der Waals surface area (Å²) in [6.07, 6.45) is 0. The van der Waals surface area contributed by atoms with Gasteiger partial charge >= 0.3 is 6.03 Å². The molecular formula is C15H18N2O2. The zero-order valence-electron chi connectivity index (χ0n) is 10.9. The lowest BCUT2D eigenvalue weighted by Gasteiger charge is -2.12. The molecule has 2 aromatic rings. The SMILES string of the molecule is CC(CO)NC(=O)NCc1ccc2ccccc2c1. The van der Waals surface area contributed by atoms with Gasteiger partial charge in [0, 0.05) is 6.54 Å². The van der Waals surface area contributed by atoms with Crippen molar-refractivity contribution in [1.82, 2.24) is 10.6 Å². The second-order valence-corrected chi connectivity index (χ2v) is 4.59. The van der Waals surface area contributed by atoms with Crippen molar-refractivity contribution in [3.05, 3.63) is 48.0 Å². The topological polar surface area (TPSA) is 61.4 Å². The van der Waals surface area contributed by atoms with E-state index in [1.807, 2.05) is 30.3 Å². The van der Waals surface area contributed by atoms with Crippen LogP contribution >= 0.6 is 0 Å². The third-order valence-electron chi connectivity index (χ3n) is 2.92. The molecule has 4 nitrogen and oxygen atoms in total. The summed E-state index contributed by atoms with van der Waals surface area (Å²) < 4.78 is 0. The maximum Gasteiger partial charge on any atom is 0.315 e. The van der Waals surface area contributed by atoms with Gasteiger partial charge in [0.05, 0.1) is 12.6 Å². The predicted molar refractivity (Wildman–Crippen MR) is 75.9 cm³/mol. The zero-order chi connectivity index (χ0) is 13.7. The van der Waals surface area contributed by atoms with E-state index in [0.717, 1.165) is 10.9 Å². The van der Waals surface area contributed by atoms with Crippen LogP contribution in [0.3, 0.4) is 0 Å². The summed E-state index contributed by atoms with van der Waals surface area (Å²) in [7, 11) is 0. The lowest BCUT2D eigenvalue weighted by molar-refractivity contribution is 0.220. The van der Waals surface area contributed by atoms with E-state index in [1.165, 1.54) is 5.39 Å². The lowest BCUT2D eigenvalue weighted by atomic mass is 10.1. The molecule has 2 rings (SSSR count). The van der Waals surface area contributed by atoms with Crippen molar-refractivity contribution in [2.75, 3.05) is 6.61 Å². The Morgan fingerprint density at radius 1 is 1.21 bits per heavy atom. The van der Waals surface area contributed by atoms with Crippen LogP contribution in [0.1, 0.15) is 12.5 Å². The number of benzene rings is 2. The Bertz CT molecular complexity index is 569. The van der Waals surface area contributed by atoms with Crippen LogP contribution in [0.2, 0.25) is 0 Å². The summed E-state index contributed by atoms with van der Waals surface area (Å²) in [5.41, 5.74) is 1.05. The number of rotatable bonds is 4. The van der Waals surface area contributed by atoms with Crippen molar-refractivity contribution in [3.63, 3.8) is 0 Å². The molecule has 0 bridgehead atoms. The molecule has 19 heavy (non-hydrogen) atoms. The van der Waals surface area contributed by atoms with Gasteiger partial charge in [-0.3, -0.25) is 0 Å². The monoisotopic (exact) mass is 258 g/mol. The molecule has 1 atom stereocenters. The Labute approximate surface area is 112 Å². The average molecular weight is 258 g/mol. The fourth-order valence-corrected chi connectivity index (χ4v) is 1.85. The first-order valence-electron chi connectivity index (χ1n) is 6.32. The highest BCUT2D eigenvalue weighted by atomic mass is 16.3. The van der Waals surface area contributed by atoms with Crippen LogP contribution in [0.15, 0.2) is 42.5 Å². The molecule has 3 N–H and O–H groups in total. The number of aliphatic hydroxyl groups excluding tert-OH is 1. The van der Waals surface area contributed by atoms with Crippen molar-refractivity contribution in [2.45, 2.75) is 19.5 Å². The number of hydrogen-bond donors (Lipinski definition) is 3. The third kappa shape index (κ3) is 3.69. The van der Waals surface area contributed by atoms with Crippen molar-refractivity contribution >= 4 is 16.8 Å². The Morgan fingerprint density at radius 2 is 1.95 bits per heavy atom. The first-order chi connectivity index (χ1) is 9.19. The minimum atomic E-state index is -0.269. The Hall–Kier alpha value is -2.07. The highest BCUT2D eigenvalue weighted by Crippen LogP contribution is 2.15. The van der Waals surface area contributed by atoms with Crippen LogP contribution in [-0.4, -0.2) is 23.8 Å². The highest BCUT2D eigenvalue weighted by molar-refractivity contribution is 5.83. The Kier molecular flexibility index (Phi) is 4.36. The van der Waals surface area contributed by atoms with Gasteiger partial charge in [-0.2, -0.15) is 0 Å². The predicted octanol–water partition coefficient (Wildman–Crippen LogP) is 2.02. The first kappa shape index (κ1) is 13.4. The van der Waals surface area contributed by atoms with Crippen molar-refractivity contribution in [3.8, 4) is 0 Å². The molecule has 2 aromatic carbocycles. The van der Waals surface area contributed by atoms with Crippen molar-refractivity contribution < 1.29 is 9.90 Å². The number of carbonyl (C=O) groups excluding carboxylic acids is 1. The molecule has 100 valence electrons. The molecule has 0 saturated heterocycles. The molecule has 0 heterocycles. The molecule has 2 amide bonds. The fraction of sp³-hybridized carbons (Fsp3) is 0.267. The number of amides is 2. The van der Waals surface area contributed by atoms with Crippen LogP contribution in [-0.2, 0) is 6.54 Å². The average Bonchev–Trinajstić information content (AvgIpc) is 2.44. The number of nitrogens with one attached hydrogen (secondary N) is 2. The maximum atomic E-state index is 11.5. The highest BCUT2D eigenvalue weighted by Gasteiger charge is 2.05. The zero-order valence-corrected chi connectivity index (χ0v) is 10.9. The quantitative estimate of drug-likeness (QED) is 0.785. The smallest absolute Gasteiger partial charge is 0.315 e. The van der Waals surface area contributed by atoms with Crippen LogP contribution < -0.4 is 10.6 Å². The van der Waals surface area contributed by atoms with E-state index in [4.69, 9.17) is 5.11 Å². The van der Waals surface area contributed by atoms with E-state index >= 15 is 0 Å². The normalized spacial score (nSPS) is 12.1. The second-order valence-electron chi connectivity index (χ2n) is 4.59. The van der Waals surface area contributed by atoms with Gasteiger partial charge in [0.25, 0.3) is 0 Å². The number of urea groups is 1. The second kappa shape index (κ2) is 6.20. The van der Waals surface area contributed by atoms with E-state index in [2.05, 4.69) is 22.8 Å². The summed E-state index contributed by atoms with van der Waals surface area (Å²) >= 11 is 0. The molecule has 0 aliphatic rings. The van der Waals surface area contributed by atoms with Crippen LogP contribution in [0.25, 0.3) is 10.8 Å². The van der Waals surface area contributed by atoms with E-state index < -0.39 is 0 Å². The fourth-order valence-electron chi connectivity index (χ4n) is 1.85. The summed E-state index contributed by atoms with van der Waals surface area (Å²) in [6, 6.07) is 13.7. The maximum absolute atomic E-state index is 11.5. The molecule has 1 unspecified atom stereocenters. The minimum Gasteiger partial charge on any atom is -0.394 e. The molecule has 4 heteroatoms. The number of hydrogen-bond acceptors (Lipinski definition) is 2. The standard InChI is InChI=1S/C15H18N2O2/c1-11(10-18)17-15(19)16-9-12-6-7-13-4-2-3-5-14(13)8-12/h2-8,11,18H,9-10H2,1H3,(H2,16,17,19). The van der Waals surface area contributed by atoms with Gasteiger partial charge in [-0.25, -0.2) is 4.79 Å². The van der Waals surface area contributed by atoms with Crippen LogP contribution in [0.4, 0.5) is 4.79 Å². The summed E-state index contributed by atoms with van der Waals surface area (Å²) in [6.45, 7) is 2.15. The Morgan fingerprint density at radius 3 is 2.68 bits per heavy atom. The van der Waals surface area contributed by atoms with Gasteiger partial charge in [-0.05, 0) is 29.3 Å². The summed E-state index contributed by atoms with van der Waals surface area (Å²) in [4.78, 5) is 11.5. The molecule has 0 fully saturated rings. The van der Waals surface area contributed by atoms with Crippen molar-refractivity contribution in [2.24, 2.45) is 0 Å². The van der Waals surface area contributed by atoms with Gasteiger partial charge in [0.1, 0.15) is 0 Å². The van der Waals surface area contributed by atoms with E-state index in [9.17, 15) is 4.79 Å². The van der Waals surface area contributed by atoms with Crippen LogP contribution in [0.5, 0.6) is 0 Å². The van der Waals surface area contributed by atoms with Crippen LogP contribution in [0, 0.1) is 0 Å². The molecule has 0 saturated carbocycles. The lowest BCUT2D eigenvalue weighted by Crippen LogP contribution is -2.41. The molecule has 0 radical (unpaired) electrons. The molecule has 0 aliphatic carbocycles. The molecule has 0 aromatic heterocycles. The van der Waals surface area contributed by atoms with E-state index in [-0.39, 0.29) is 18.7 Å². The summed E-state index contributed by atoms with van der Waals surface area (Å²) in [5, 5.41) is 16.6. The first-order valence-corrected chi connectivity index (χ1v) is 6.32. The summed E-state index contributed by atoms with van der Waals surface area (Å²) in [5.74, 6) is 0. The van der Waals surface area contributed by atoms with E-state index in [0.29, 0.717) is 6.54 Å². The van der Waals surface area contributed by atoms with Gasteiger partial charge in [-0.1, -0.05) is 36.4 Å². The Balaban J connectivity index is 1.96. The molecule has 0 spiro atoms. The minimum absolute atomic E-state index is 0.0661. The number of carbonyl (C=O) groups is 1. The van der Waals surface area contributed by atoms with Gasteiger partial charge in [0.2, 0.25) is 0 Å². The van der Waals surface area contributed by atoms with Gasteiger partial charge in [0.15, 0.2) is 0 Å². The van der Waals surface area contributed by atoms with Crippen molar-refractivity contribution in [1.29, 1.82) is 0 Å². The number of fused-ring (bicyclic) bond motifs is 1. The largest absolute Gasteiger partial charge is 0.394 e. The molecular weight excluding hydrogens is 240 g/mol. The molecule has 0 aliphatic heterocycles. The number of aliphatic hydroxyl groups is 1. The van der Waals surface area contributed by atoms with E-state index in [1.54, 1.807) is 6.92 Å². The van der Waals surface area contributed by atoms with Gasteiger partial charge < -0.3 is 15.7 Å². The van der Waals surface area contributed by atoms with Gasteiger partial charge in [-0.15, -0.1) is 0 Å². The third-order valence-corrected chi connectivity index (χ3v) is 2.92.